The number of carbonyl (C=O) groups is 1. The molecular formula is C8H13NO2. The minimum absolute atomic E-state index is 0.101. The van der Waals surface area contributed by atoms with Crippen LogP contribution in [0, 0.1) is 0 Å². The van der Waals surface area contributed by atoms with Gasteiger partial charge in [-0.15, -0.1) is 0 Å². The number of hydrogen-bond donors (Lipinski definition) is 1. The van der Waals surface area contributed by atoms with Gasteiger partial charge < -0.3 is 10.0 Å². The van der Waals surface area contributed by atoms with Crippen LogP contribution in [0.4, 0.5) is 0 Å². The van der Waals surface area contributed by atoms with E-state index >= 15 is 0 Å². The summed E-state index contributed by atoms with van der Waals surface area (Å²) in [7, 11) is 1.77. The average molecular weight is 155 g/mol. The molecule has 1 heterocycles. The van der Waals surface area contributed by atoms with Gasteiger partial charge in [0.05, 0.1) is 0 Å². The molecule has 3 heteroatoms. The molecule has 11 heavy (non-hydrogen) atoms. The molecule has 62 valence electrons. The summed E-state index contributed by atoms with van der Waals surface area (Å²) in [6, 6.07) is 0. The number of carbonyl (C=O) groups excluding carboxylic acids is 1. The fourth-order valence-corrected chi connectivity index (χ4v) is 1.15. The molecule has 0 bridgehead atoms. The molecular weight excluding hydrogens is 142 g/mol. The maximum absolute atomic E-state index is 10.9. The molecule has 0 aromatic rings. The van der Waals surface area contributed by atoms with Gasteiger partial charge in [-0.1, -0.05) is 0 Å². The highest BCUT2D eigenvalue weighted by Crippen LogP contribution is 2.17. The molecule has 3 nitrogen and oxygen atoms in total. The standard InChI is InChI=1S/C8H13NO2/c1-6(10)7-3-4-8(11)9(2)5-7/h5,8,11H,3-4H2,1-2H3. The van der Waals surface area contributed by atoms with E-state index < -0.39 is 6.23 Å². The van der Waals surface area contributed by atoms with Crippen LogP contribution < -0.4 is 0 Å². The molecule has 1 aliphatic heterocycles. The number of hydrogen-bond acceptors (Lipinski definition) is 3. The molecule has 0 aromatic carbocycles. The van der Waals surface area contributed by atoms with Gasteiger partial charge in [-0.25, -0.2) is 0 Å². The van der Waals surface area contributed by atoms with Gasteiger partial charge in [-0.3, -0.25) is 4.79 Å². The Balaban J connectivity index is 2.71. The SMILES string of the molecule is CC(=O)C1=CN(C)C(O)CC1. The molecule has 0 saturated heterocycles. The molecule has 0 saturated carbocycles. The van der Waals surface area contributed by atoms with Gasteiger partial charge in [0.15, 0.2) is 5.78 Å². The lowest BCUT2D eigenvalue weighted by Crippen LogP contribution is -2.31. The third-order valence-electron chi connectivity index (χ3n) is 1.95. The number of aliphatic hydroxyl groups is 1. The normalized spacial score (nSPS) is 24.8. The van der Waals surface area contributed by atoms with Crippen molar-refractivity contribution in [3.8, 4) is 0 Å². The van der Waals surface area contributed by atoms with Crippen molar-refractivity contribution in [1.82, 2.24) is 4.90 Å². The van der Waals surface area contributed by atoms with Crippen molar-refractivity contribution in [3.63, 3.8) is 0 Å². The van der Waals surface area contributed by atoms with Crippen LogP contribution in [0.2, 0.25) is 0 Å². The Kier molecular flexibility index (Phi) is 2.29. The van der Waals surface area contributed by atoms with E-state index in [2.05, 4.69) is 0 Å². The summed E-state index contributed by atoms with van der Waals surface area (Å²) >= 11 is 0. The van der Waals surface area contributed by atoms with Crippen LogP contribution in [0.15, 0.2) is 11.8 Å². The van der Waals surface area contributed by atoms with Crippen molar-refractivity contribution in [2.45, 2.75) is 26.0 Å². The van der Waals surface area contributed by atoms with Crippen molar-refractivity contribution in [3.05, 3.63) is 11.8 Å². The molecule has 0 spiro atoms. The number of aliphatic hydroxyl groups excluding tert-OH is 1. The van der Waals surface area contributed by atoms with Crippen LogP contribution >= 0.6 is 0 Å². The summed E-state index contributed by atoms with van der Waals surface area (Å²) in [6.45, 7) is 1.55. The van der Waals surface area contributed by atoms with E-state index in [0.717, 1.165) is 5.57 Å². The molecule has 1 unspecified atom stereocenters. The second kappa shape index (κ2) is 3.05. The molecule has 0 fully saturated rings. The largest absolute Gasteiger partial charge is 0.374 e. The Bertz CT molecular complexity index is 198. The van der Waals surface area contributed by atoms with E-state index in [1.165, 1.54) is 0 Å². The van der Waals surface area contributed by atoms with Crippen LogP contribution in [0.5, 0.6) is 0 Å². The zero-order chi connectivity index (χ0) is 8.43. The Hall–Kier alpha value is -0.830. The van der Waals surface area contributed by atoms with Crippen molar-refractivity contribution in [1.29, 1.82) is 0 Å². The van der Waals surface area contributed by atoms with E-state index in [-0.39, 0.29) is 5.78 Å². The molecule has 1 atom stereocenters. The zero-order valence-corrected chi connectivity index (χ0v) is 6.87. The molecule has 0 amide bonds. The molecule has 0 aliphatic carbocycles. The molecule has 0 aromatic heterocycles. The lowest BCUT2D eigenvalue weighted by Gasteiger charge is -2.27. The summed E-state index contributed by atoms with van der Waals surface area (Å²) in [4.78, 5) is 12.5. The van der Waals surface area contributed by atoms with Crippen LogP contribution in [-0.4, -0.2) is 29.1 Å². The summed E-state index contributed by atoms with van der Waals surface area (Å²) in [5.74, 6) is 0.101. The quantitative estimate of drug-likeness (QED) is 0.599. The molecule has 1 aliphatic rings. The maximum atomic E-state index is 10.9. The first-order chi connectivity index (χ1) is 5.11. The number of allylic oxidation sites excluding steroid dienone is 1. The van der Waals surface area contributed by atoms with Crippen LogP contribution in [0.1, 0.15) is 19.8 Å². The Morgan fingerprint density at radius 2 is 2.45 bits per heavy atom. The highest BCUT2D eigenvalue weighted by Gasteiger charge is 2.17. The highest BCUT2D eigenvalue weighted by atomic mass is 16.3. The van der Waals surface area contributed by atoms with E-state index in [9.17, 15) is 9.90 Å². The summed E-state index contributed by atoms with van der Waals surface area (Å²) < 4.78 is 0. The van der Waals surface area contributed by atoms with Crippen LogP contribution in [-0.2, 0) is 4.79 Å². The Morgan fingerprint density at radius 1 is 1.82 bits per heavy atom. The lowest BCUT2D eigenvalue weighted by atomic mass is 10.0. The molecule has 0 radical (unpaired) electrons. The lowest BCUT2D eigenvalue weighted by molar-refractivity contribution is -0.114. The van der Waals surface area contributed by atoms with Gasteiger partial charge in [0.25, 0.3) is 0 Å². The first-order valence-electron chi connectivity index (χ1n) is 3.73. The van der Waals surface area contributed by atoms with E-state index in [0.29, 0.717) is 12.8 Å². The van der Waals surface area contributed by atoms with Crippen molar-refractivity contribution in [2.75, 3.05) is 7.05 Å². The number of rotatable bonds is 1. The second-order valence-electron chi connectivity index (χ2n) is 2.90. The number of nitrogens with zero attached hydrogens (tertiary/aromatic N) is 1. The topological polar surface area (TPSA) is 40.5 Å². The van der Waals surface area contributed by atoms with Crippen molar-refractivity contribution < 1.29 is 9.90 Å². The van der Waals surface area contributed by atoms with Gasteiger partial charge in [0.2, 0.25) is 0 Å². The van der Waals surface area contributed by atoms with E-state index in [1.807, 2.05) is 0 Å². The van der Waals surface area contributed by atoms with E-state index in [4.69, 9.17) is 0 Å². The maximum Gasteiger partial charge on any atom is 0.157 e. The predicted molar refractivity (Wildman–Crippen MR) is 41.8 cm³/mol. The summed E-state index contributed by atoms with van der Waals surface area (Å²) in [6.07, 6.45) is 2.65. The third kappa shape index (κ3) is 1.80. The average Bonchev–Trinajstić information content (AvgIpc) is 1.94. The monoisotopic (exact) mass is 155 g/mol. The van der Waals surface area contributed by atoms with Crippen molar-refractivity contribution in [2.24, 2.45) is 0 Å². The van der Waals surface area contributed by atoms with Crippen LogP contribution in [0.3, 0.4) is 0 Å². The second-order valence-corrected chi connectivity index (χ2v) is 2.90. The highest BCUT2D eigenvalue weighted by molar-refractivity contribution is 5.93. The Morgan fingerprint density at radius 3 is 2.91 bits per heavy atom. The van der Waals surface area contributed by atoms with Gasteiger partial charge in [0.1, 0.15) is 6.23 Å². The summed E-state index contributed by atoms with van der Waals surface area (Å²) in [5, 5.41) is 9.25. The minimum Gasteiger partial charge on any atom is -0.374 e. The minimum atomic E-state index is -0.418. The summed E-state index contributed by atoms with van der Waals surface area (Å²) in [5.41, 5.74) is 0.804. The van der Waals surface area contributed by atoms with Crippen LogP contribution in [0.25, 0.3) is 0 Å². The van der Waals surface area contributed by atoms with Gasteiger partial charge in [-0.2, -0.15) is 0 Å². The fourth-order valence-electron chi connectivity index (χ4n) is 1.15. The molecule has 1 N–H and O–H groups in total. The first kappa shape index (κ1) is 8.27. The van der Waals surface area contributed by atoms with Gasteiger partial charge in [0, 0.05) is 18.8 Å². The Labute approximate surface area is 66.3 Å². The number of ketones is 1. The zero-order valence-electron chi connectivity index (χ0n) is 6.87. The van der Waals surface area contributed by atoms with Gasteiger partial charge >= 0.3 is 0 Å². The van der Waals surface area contributed by atoms with Gasteiger partial charge in [-0.05, 0) is 19.8 Å². The first-order valence-corrected chi connectivity index (χ1v) is 3.73. The predicted octanol–water partition coefficient (Wildman–Crippen LogP) is 0.503. The fraction of sp³-hybridized carbons (Fsp3) is 0.625. The number of Topliss-reactive ketones (excluding diaryl/α,β-unsaturated/α-hetero) is 1. The smallest absolute Gasteiger partial charge is 0.157 e. The third-order valence-corrected chi connectivity index (χ3v) is 1.95. The van der Waals surface area contributed by atoms with E-state index in [1.54, 1.807) is 25.1 Å². The van der Waals surface area contributed by atoms with Crippen molar-refractivity contribution >= 4 is 5.78 Å². The molecule has 1 rings (SSSR count).